The van der Waals surface area contributed by atoms with Gasteiger partial charge in [-0.1, -0.05) is 0 Å². The van der Waals surface area contributed by atoms with E-state index < -0.39 is 0 Å². The molecule has 106 valence electrons. The topological polar surface area (TPSA) is 64.3 Å². The maximum atomic E-state index is 12.3. The van der Waals surface area contributed by atoms with Gasteiger partial charge in [-0.25, -0.2) is 0 Å². The molecule has 0 radical (unpaired) electrons. The quantitative estimate of drug-likeness (QED) is 0.832. The summed E-state index contributed by atoms with van der Waals surface area (Å²) in [5, 5.41) is 7.09. The van der Waals surface area contributed by atoms with Gasteiger partial charge >= 0.3 is 0 Å². The number of rotatable bonds is 5. The van der Waals surface area contributed by atoms with Crippen LogP contribution in [0.3, 0.4) is 0 Å². The Bertz CT molecular complexity index is 582. The number of methoxy groups -OCH3 is 1. The van der Waals surface area contributed by atoms with Crippen molar-refractivity contribution in [3.8, 4) is 5.75 Å². The van der Waals surface area contributed by atoms with Crippen molar-refractivity contribution in [1.29, 1.82) is 0 Å². The van der Waals surface area contributed by atoms with Gasteiger partial charge < -0.3 is 15.8 Å². The number of nitrogens with one attached hydrogen (secondary N) is 1. The van der Waals surface area contributed by atoms with Gasteiger partial charge in [-0.05, 0) is 53.9 Å². The fourth-order valence-electron chi connectivity index (χ4n) is 2.02. The summed E-state index contributed by atoms with van der Waals surface area (Å²) in [4.78, 5) is 12.3. The van der Waals surface area contributed by atoms with Gasteiger partial charge in [0.05, 0.1) is 12.7 Å². The van der Waals surface area contributed by atoms with E-state index in [1.165, 1.54) is 12.7 Å². The third kappa shape index (κ3) is 3.51. The monoisotopic (exact) mass is 290 g/mol. The van der Waals surface area contributed by atoms with E-state index in [4.69, 9.17) is 10.5 Å². The molecular formula is C15H18N2O2S. The maximum Gasteiger partial charge on any atom is 0.255 e. The lowest BCUT2D eigenvalue weighted by Gasteiger charge is -2.15. The fourth-order valence-corrected chi connectivity index (χ4v) is 2.70. The predicted molar refractivity (Wildman–Crippen MR) is 82.4 cm³/mol. The predicted octanol–water partition coefficient (Wildman–Crippen LogP) is 2.70. The first-order valence-corrected chi connectivity index (χ1v) is 7.30. The standard InChI is InChI=1S/C15H18N2O2S/c1-10(7-11-5-6-20-9-11)17-15(18)13-8-12(16)3-4-14(13)19-2/h3-6,8-10H,7,16H2,1-2H3,(H,17,18). The summed E-state index contributed by atoms with van der Waals surface area (Å²) in [7, 11) is 1.54. The Balaban J connectivity index is 2.06. The average molecular weight is 290 g/mol. The van der Waals surface area contributed by atoms with Crippen molar-refractivity contribution in [1.82, 2.24) is 5.32 Å². The van der Waals surface area contributed by atoms with Crippen LogP contribution in [0.25, 0.3) is 0 Å². The summed E-state index contributed by atoms with van der Waals surface area (Å²) in [6.07, 6.45) is 0.805. The van der Waals surface area contributed by atoms with Crippen LogP contribution in [-0.4, -0.2) is 19.1 Å². The van der Waals surface area contributed by atoms with Gasteiger partial charge in [0, 0.05) is 11.7 Å². The van der Waals surface area contributed by atoms with Gasteiger partial charge in [0.25, 0.3) is 5.91 Å². The van der Waals surface area contributed by atoms with Crippen molar-refractivity contribution < 1.29 is 9.53 Å². The highest BCUT2D eigenvalue weighted by atomic mass is 32.1. The second-order valence-electron chi connectivity index (χ2n) is 4.67. The lowest BCUT2D eigenvalue weighted by Crippen LogP contribution is -2.34. The number of hydrogen-bond donors (Lipinski definition) is 2. The number of hydrogen-bond acceptors (Lipinski definition) is 4. The maximum absolute atomic E-state index is 12.3. The van der Waals surface area contributed by atoms with Crippen LogP contribution in [0, 0.1) is 0 Å². The van der Waals surface area contributed by atoms with Gasteiger partial charge in [-0.15, -0.1) is 0 Å². The highest BCUT2D eigenvalue weighted by Gasteiger charge is 2.15. The fraction of sp³-hybridized carbons (Fsp3) is 0.267. The smallest absolute Gasteiger partial charge is 0.255 e. The number of nitrogens with two attached hydrogens (primary N) is 1. The molecule has 1 atom stereocenters. The van der Waals surface area contributed by atoms with Crippen molar-refractivity contribution in [2.75, 3.05) is 12.8 Å². The molecule has 0 fully saturated rings. The Morgan fingerprint density at radius 3 is 2.90 bits per heavy atom. The van der Waals surface area contributed by atoms with Gasteiger partial charge in [0.2, 0.25) is 0 Å². The van der Waals surface area contributed by atoms with Crippen LogP contribution in [0.15, 0.2) is 35.0 Å². The summed E-state index contributed by atoms with van der Waals surface area (Å²) in [6.45, 7) is 1.98. The zero-order chi connectivity index (χ0) is 14.5. The van der Waals surface area contributed by atoms with E-state index in [0.29, 0.717) is 17.0 Å². The molecule has 3 N–H and O–H groups in total. The van der Waals surface area contributed by atoms with Crippen molar-refractivity contribution in [2.24, 2.45) is 0 Å². The normalized spacial score (nSPS) is 11.9. The van der Waals surface area contributed by atoms with Gasteiger partial charge in [-0.3, -0.25) is 4.79 Å². The first-order valence-electron chi connectivity index (χ1n) is 6.35. The minimum Gasteiger partial charge on any atom is -0.496 e. The SMILES string of the molecule is COc1ccc(N)cc1C(=O)NC(C)Cc1ccsc1. The van der Waals surface area contributed by atoms with E-state index >= 15 is 0 Å². The Morgan fingerprint density at radius 1 is 1.45 bits per heavy atom. The number of thiophene rings is 1. The van der Waals surface area contributed by atoms with Crippen LogP contribution in [0.4, 0.5) is 5.69 Å². The Hall–Kier alpha value is -2.01. The second-order valence-corrected chi connectivity index (χ2v) is 5.45. The summed E-state index contributed by atoms with van der Waals surface area (Å²) >= 11 is 1.66. The number of anilines is 1. The molecule has 0 saturated carbocycles. The highest BCUT2D eigenvalue weighted by Crippen LogP contribution is 2.21. The van der Waals surface area contributed by atoms with Crippen LogP contribution >= 0.6 is 11.3 Å². The van der Waals surface area contributed by atoms with Crippen molar-refractivity contribution in [3.05, 3.63) is 46.2 Å². The van der Waals surface area contributed by atoms with Crippen molar-refractivity contribution >= 4 is 22.9 Å². The highest BCUT2D eigenvalue weighted by molar-refractivity contribution is 7.07. The lowest BCUT2D eigenvalue weighted by molar-refractivity contribution is 0.0937. The molecule has 4 nitrogen and oxygen atoms in total. The van der Waals surface area contributed by atoms with Crippen molar-refractivity contribution in [2.45, 2.75) is 19.4 Å². The molecule has 20 heavy (non-hydrogen) atoms. The summed E-state index contributed by atoms with van der Waals surface area (Å²) < 4.78 is 5.19. The van der Waals surface area contributed by atoms with Crippen LogP contribution in [0.5, 0.6) is 5.75 Å². The first kappa shape index (κ1) is 14.4. The molecule has 0 aliphatic heterocycles. The molecule has 0 aliphatic carbocycles. The zero-order valence-electron chi connectivity index (χ0n) is 11.6. The Morgan fingerprint density at radius 2 is 2.25 bits per heavy atom. The zero-order valence-corrected chi connectivity index (χ0v) is 12.4. The van der Waals surface area contributed by atoms with Gasteiger partial charge in [0.15, 0.2) is 0 Å². The van der Waals surface area contributed by atoms with Crippen LogP contribution in [0.1, 0.15) is 22.8 Å². The van der Waals surface area contributed by atoms with Crippen LogP contribution < -0.4 is 15.8 Å². The second kappa shape index (κ2) is 6.43. The summed E-state index contributed by atoms with van der Waals surface area (Å²) in [5.74, 6) is 0.358. The van der Waals surface area contributed by atoms with E-state index in [-0.39, 0.29) is 11.9 Å². The summed E-state index contributed by atoms with van der Waals surface area (Å²) in [5.41, 5.74) is 7.96. The van der Waals surface area contributed by atoms with E-state index in [2.05, 4.69) is 16.8 Å². The molecule has 2 rings (SSSR count). The van der Waals surface area contributed by atoms with Gasteiger partial charge in [-0.2, -0.15) is 11.3 Å². The third-order valence-corrected chi connectivity index (χ3v) is 3.70. The van der Waals surface area contributed by atoms with E-state index in [1.54, 1.807) is 29.5 Å². The lowest BCUT2D eigenvalue weighted by atomic mass is 10.1. The van der Waals surface area contributed by atoms with Gasteiger partial charge in [0.1, 0.15) is 5.75 Å². The number of carbonyl (C=O) groups excluding carboxylic acids is 1. The molecule has 1 aromatic carbocycles. The molecular weight excluding hydrogens is 272 g/mol. The molecule has 2 aromatic rings. The number of nitrogen functional groups attached to an aromatic ring is 1. The minimum absolute atomic E-state index is 0.0447. The molecule has 0 bridgehead atoms. The molecule has 1 amide bonds. The minimum atomic E-state index is -0.170. The summed E-state index contributed by atoms with van der Waals surface area (Å²) in [6, 6.07) is 7.15. The van der Waals surface area contributed by atoms with E-state index in [0.717, 1.165) is 6.42 Å². The molecule has 0 saturated heterocycles. The molecule has 0 aliphatic rings. The van der Waals surface area contributed by atoms with E-state index in [1.807, 2.05) is 12.3 Å². The Kier molecular flexibility index (Phi) is 4.63. The first-order chi connectivity index (χ1) is 9.60. The molecule has 5 heteroatoms. The van der Waals surface area contributed by atoms with Crippen LogP contribution in [-0.2, 0) is 6.42 Å². The molecule has 0 spiro atoms. The average Bonchev–Trinajstić information content (AvgIpc) is 2.91. The third-order valence-electron chi connectivity index (χ3n) is 2.97. The van der Waals surface area contributed by atoms with Crippen molar-refractivity contribution in [3.63, 3.8) is 0 Å². The number of benzene rings is 1. The molecule has 1 unspecified atom stereocenters. The van der Waals surface area contributed by atoms with Crippen LogP contribution in [0.2, 0.25) is 0 Å². The Labute approximate surface area is 122 Å². The number of amides is 1. The van der Waals surface area contributed by atoms with E-state index in [9.17, 15) is 4.79 Å². The number of ether oxygens (including phenoxy) is 1. The number of carbonyl (C=O) groups is 1. The largest absolute Gasteiger partial charge is 0.496 e. The molecule has 1 aromatic heterocycles. The molecule has 1 heterocycles.